The Morgan fingerprint density at radius 2 is 2.00 bits per heavy atom. The lowest BCUT2D eigenvalue weighted by molar-refractivity contribution is -0.120. The molecule has 1 aliphatic rings. The Bertz CT molecular complexity index is 380. The minimum Gasteiger partial charge on any atom is -0.298 e. The van der Waals surface area contributed by atoms with Crippen molar-refractivity contribution >= 4 is 17.5 Å². The zero-order valence-electron chi connectivity index (χ0n) is 10.4. The summed E-state index contributed by atoms with van der Waals surface area (Å²) in [6.07, 6.45) is 4.76. The van der Waals surface area contributed by atoms with Crippen molar-refractivity contribution in [3.63, 3.8) is 0 Å². The summed E-state index contributed by atoms with van der Waals surface area (Å²) < 4.78 is 0. The number of carbonyl (C=O) groups is 1. The summed E-state index contributed by atoms with van der Waals surface area (Å²) in [5.74, 6) is 2.50. The van der Waals surface area contributed by atoms with E-state index in [2.05, 4.69) is 31.2 Å². The Labute approximate surface area is 108 Å². The van der Waals surface area contributed by atoms with E-state index >= 15 is 0 Å². The predicted molar refractivity (Wildman–Crippen MR) is 74.3 cm³/mol. The fraction of sp³-hybridized carbons (Fsp3) is 0.533. The van der Waals surface area contributed by atoms with Gasteiger partial charge in [0.15, 0.2) is 0 Å². The molecule has 0 heterocycles. The van der Waals surface area contributed by atoms with Crippen LogP contribution in [-0.4, -0.2) is 11.5 Å². The smallest absolute Gasteiger partial charge is 0.145 e. The van der Waals surface area contributed by atoms with Crippen LogP contribution in [0.25, 0.3) is 0 Å². The Hall–Kier alpha value is -0.760. The van der Waals surface area contributed by atoms with Gasteiger partial charge in [-0.3, -0.25) is 4.79 Å². The number of Topliss-reactive ketones (excluding diaryl/α,β-unsaturated/α-hetero) is 1. The van der Waals surface area contributed by atoms with Crippen molar-refractivity contribution in [3.8, 4) is 0 Å². The molecular formula is C15H20OS. The molecule has 92 valence electrons. The van der Waals surface area contributed by atoms with E-state index < -0.39 is 0 Å². The number of ketones is 1. The number of carbonyl (C=O) groups excluding carboxylic acids is 1. The van der Waals surface area contributed by atoms with Crippen LogP contribution >= 0.6 is 11.8 Å². The molecule has 1 aliphatic carbocycles. The van der Waals surface area contributed by atoms with Gasteiger partial charge in [-0.25, -0.2) is 0 Å². The third kappa shape index (κ3) is 3.60. The zero-order chi connectivity index (χ0) is 12.1. The third-order valence-electron chi connectivity index (χ3n) is 3.57. The van der Waals surface area contributed by atoms with Crippen LogP contribution in [0.1, 0.15) is 36.8 Å². The second kappa shape index (κ2) is 6.25. The van der Waals surface area contributed by atoms with Crippen molar-refractivity contribution in [1.29, 1.82) is 0 Å². The van der Waals surface area contributed by atoms with E-state index in [1.165, 1.54) is 24.0 Å². The Morgan fingerprint density at radius 1 is 1.29 bits per heavy atom. The average Bonchev–Trinajstić information content (AvgIpc) is 2.85. The molecule has 1 nitrogen and oxygen atoms in total. The van der Waals surface area contributed by atoms with Crippen LogP contribution < -0.4 is 0 Å². The Balaban J connectivity index is 1.76. The van der Waals surface area contributed by atoms with Crippen molar-refractivity contribution in [2.45, 2.75) is 38.4 Å². The van der Waals surface area contributed by atoms with Gasteiger partial charge in [-0.2, -0.15) is 0 Å². The molecule has 0 unspecified atom stereocenters. The van der Waals surface area contributed by atoms with Crippen molar-refractivity contribution in [2.75, 3.05) is 5.75 Å². The number of thioether (sulfide) groups is 1. The molecular weight excluding hydrogens is 228 g/mol. The zero-order valence-corrected chi connectivity index (χ0v) is 11.3. The highest BCUT2D eigenvalue weighted by atomic mass is 32.2. The van der Waals surface area contributed by atoms with E-state index in [4.69, 9.17) is 0 Å². The Morgan fingerprint density at radius 3 is 2.71 bits per heavy atom. The molecule has 0 N–H and O–H groups in total. The monoisotopic (exact) mass is 248 g/mol. The first-order valence-corrected chi connectivity index (χ1v) is 7.58. The summed E-state index contributed by atoms with van der Waals surface area (Å²) in [4.78, 5) is 11.9. The van der Waals surface area contributed by atoms with Crippen LogP contribution in [0.2, 0.25) is 0 Å². The summed E-state index contributed by atoms with van der Waals surface area (Å²) in [5.41, 5.74) is 2.69. The van der Waals surface area contributed by atoms with Crippen LogP contribution in [0.5, 0.6) is 0 Å². The fourth-order valence-electron chi connectivity index (χ4n) is 2.40. The summed E-state index contributed by atoms with van der Waals surface area (Å²) >= 11 is 1.77. The summed E-state index contributed by atoms with van der Waals surface area (Å²) in [6, 6.07) is 8.42. The highest BCUT2D eigenvalue weighted by molar-refractivity contribution is 7.99. The molecule has 0 radical (unpaired) electrons. The summed E-state index contributed by atoms with van der Waals surface area (Å²) in [5, 5.41) is 0. The van der Waals surface area contributed by atoms with E-state index in [0.29, 0.717) is 17.5 Å². The first-order chi connectivity index (χ1) is 8.27. The largest absolute Gasteiger partial charge is 0.298 e. The molecule has 1 saturated carbocycles. The highest BCUT2D eigenvalue weighted by Gasteiger charge is 2.21. The highest BCUT2D eigenvalue weighted by Crippen LogP contribution is 2.27. The van der Waals surface area contributed by atoms with Crippen LogP contribution in [0.15, 0.2) is 24.3 Å². The molecule has 1 aromatic rings. The van der Waals surface area contributed by atoms with E-state index in [-0.39, 0.29) is 0 Å². The Kier molecular flexibility index (Phi) is 4.66. The second-order valence-corrected chi connectivity index (χ2v) is 5.85. The maximum atomic E-state index is 11.9. The quantitative estimate of drug-likeness (QED) is 0.784. The van der Waals surface area contributed by atoms with Gasteiger partial charge in [0.25, 0.3) is 0 Å². The van der Waals surface area contributed by atoms with Crippen molar-refractivity contribution in [3.05, 3.63) is 35.4 Å². The molecule has 0 amide bonds. The standard InChI is InChI=1S/C15H20OS/c1-12-6-2-3-9-14(12)10-17-11-15(16)13-7-4-5-8-13/h2-3,6,9,13H,4-5,7-8,10-11H2,1H3. The van der Waals surface area contributed by atoms with Gasteiger partial charge in [0.2, 0.25) is 0 Å². The molecule has 0 bridgehead atoms. The molecule has 0 aromatic heterocycles. The van der Waals surface area contributed by atoms with Crippen LogP contribution in [0.4, 0.5) is 0 Å². The second-order valence-electron chi connectivity index (χ2n) is 4.87. The fourth-order valence-corrected chi connectivity index (χ4v) is 3.48. The maximum absolute atomic E-state index is 11.9. The number of hydrogen-bond acceptors (Lipinski definition) is 2. The summed E-state index contributed by atoms with van der Waals surface area (Å²) in [7, 11) is 0. The van der Waals surface area contributed by atoms with E-state index in [9.17, 15) is 4.79 Å². The third-order valence-corrected chi connectivity index (χ3v) is 4.58. The normalized spacial score (nSPS) is 16.3. The lowest BCUT2D eigenvalue weighted by Crippen LogP contribution is -2.13. The first-order valence-electron chi connectivity index (χ1n) is 6.42. The van der Waals surface area contributed by atoms with Gasteiger partial charge in [-0.1, -0.05) is 37.1 Å². The van der Waals surface area contributed by atoms with Crippen LogP contribution in [0, 0.1) is 12.8 Å². The first kappa shape index (κ1) is 12.7. The molecule has 2 rings (SSSR count). The van der Waals surface area contributed by atoms with Crippen LogP contribution in [-0.2, 0) is 10.5 Å². The van der Waals surface area contributed by atoms with Crippen molar-refractivity contribution in [1.82, 2.24) is 0 Å². The number of benzene rings is 1. The maximum Gasteiger partial charge on any atom is 0.145 e. The molecule has 2 heteroatoms. The molecule has 0 spiro atoms. The SMILES string of the molecule is Cc1ccccc1CSCC(=O)C1CCCC1. The van der Waals surface area contributed by atoms with Gasteiger partial charge in [-0.05, 0) is 30.9 Å². The molecule has 17 heavy (non-hydrogen) atoms. The van der Waals surface area contributed by atoms with E-state index in [1.54, 1.807) is 11.8 Å². The average molecular weight is 248 g/mol. The summed E-state index contributed by atoms with van der Waals surface area (Å²) in [6.45, 7) is 2.13. The lowest BCUT2D eigenvalue weighted by atomic mass is 10.0. The van der Waals surface area contributed by atoms with Crippen molar-refractivity contribution in [2.24, 2.45) is 5.92 Å². The molecule has 0 aliphatic heterocycles. The molecule has 0 atom stereocenters. The van der Waals surface area contributed by atoms with Crippen molar-refractivity contribution < 1.29 is 4.79 Å². The molecule has 0 saturated heterocycles. The van der Waals surface area contributed by atoms with E-state index in [0.717, 1.165) is 18.6 Å². The van der Waals surface area contributed by atoms with Gasteiger partial charge in [0.1, 0.15) is 5.78 Å². The van der Waals surface area contributed by atoms with Gasteiger partial charge >= 0.3 is 0 Å². The van der Waals surface area contributed by atoms with Gasteiger partial charge < -0.3 is 0 Å². The number of aryl methyl sites for hydroxylation is 1. The number of rotatable bonds is 5. The predicted octanol–water partition coefficient (Wildman–Crippen LogP) is 3.99. The molecule has 1 fully saturated rings. The van der Waals surface area contributed by atoms with Gasteiger partial charge in [-0.15, -0.1) is 11.8 Å². The van der Waals surface area contributed by atoms with Gasteiger partial charge in [0, 0.05) is 11.7 Å². The minimum atomic E-state index is 0.374. The van der Waals surface area contributed by atoms with Crippen LogP contribution in [0.3, 0.4) is 0 Å². The van der Waals surface area contributed by atoms with E-state index in [1.807, 2.05) is 0 Å². The lowest BCUT2D eigenvalue weighted by Gasteiger charge is -2.08. The number of hydrogen-bond donors (Lipinski definition) is 0. The topological polar surface area (TPSA) is 17.1 Å². The minimum absolute atomic E-state index is 0.374. The van der Waals surface area contributed by atoms with Gasteiger partial charge in [0.05, 0.1) is 5.75 Å². The molecule has 1 aromatic carbocycles.